The second kappa shape index (κ2) is 4.65. The van der Waals surface area contributed by atoms with Crippen LogP contribution in [-0.2, 0) is 0 Å². The number of Topliss-reactive ketones (excluding diaryl/α,β-unsaturated/α-hetero) is 1. The molecule has 0 unspecified atom stereocenters. The summed E-state index contributed by atoms with van der Waals surface area (Å²) in [4.78, 5) is 11.1. The van der Waals surface area contributed by atoms with E-state index in [1.54, 1.807) is 0 Å². The van der Waals surface area contributed by atoms with Gasteiger partial charge in [0.1, 0.15) is 11.4 Å². The van der Waals surface area contributed by atoms with E-state index in [1.807, 2.05) is 0 Å². The molecule has 94 valence electrons. The minimum absolute atomic E-state index is 0.461. The van der Waals surface area contributed by atoms with E-state index in [1.165, 1.54) is 13.8 Å². The quantitative estimate of drug-likeness (QED) is 0.808. The Kier molecular flexibility index (Phi) is 3.65. The van der Waals surface area contributed by atoms with Gasteiger partial charge in [0.25, 0.3) is 0 Å². The van der Waals surface area contributed by atoms with E-state index in [4.69, 9.17) is 0 Å². The number of benzene rings is 1. The Morgan fingerprint density at radius 2 is 1.71 bits per heavy atom. The number of carbonyl (C=O) groups is 1. The predicted octanol–water partition coefficient (Wildman–Crippen LogP) is 2.65. The molecule has 0 aliphatic heterocycles. The minimum Gasteiger partial charge on any atom is -0.504 e. The maximum atomic E-state index is 13.8. The Balaban J connectivity index is 3.68. The van der Waals surface area contributed by atoms with Gasteiger partial charge in [-0.25, -0.2) is 8.78 Å². The molecule has 0 fully saturated rings. The largest absolute Gasteiger partial charge is 0.504 e. The van der Waals surface area contributed by atoms with Crippen molar-refractivity contribution in [1.82, 2.24) is 0 Å². The molecule has 0 saturated heterocycles. The number of hydrogen-bond donors (Lipinski definition) is 2. The maximum absolute atomic E-state index is 13.8. The van der Waals surface area contributed by atoms with Crippen molar-refractivity contribution in [2.75, 3.05) is 6.67 Å². The smallest absolute Gasteiger partial charge is 0.207 e. The summed E-state index contributed by atoms with van der Waals surface area (Å²) in [6, 6.07) is 0. The van der Waals surface area contributed by atoms with Gasteiger partial charge in [-0.15, -0.1) is 0 Å². The third-order valence-corrected chi connectivity index (χ3v) is 2.34. The first-order chi connectivity index (χ1) is 7.82. The lowest BCUT2D eigenvalue weighted by Gasteiger charge is -2.14. The SMILES string of the molecule is CC(C)c1c(O)c(F)c(O)c(C(=O)CF)c1F. The molecule has 6 heteroatoms. The van der Waals surface area contributed by atoms with E-state index in [0.29, 0.717) is 0 Å². The van der Waals surface area contributed by atoms with Gasteiger partial charge in [-0.1, -0.05) is 13.8 Å². The third kappa shape index (κ3) is 2.07. The standard InChI is InChI=1S/C11H11F3O3/c1-4(2)6-8(13)7(5(15)3-12)11(17)9(14)10(6)16/h4,16-17H,3H2,1-2H3. The van der Waals surface area contributed by atoms with Gasteiger partial charge in [0, 0.05) is 5.56 Å². The zero-order chi connectivity index (χ0) is 13.3. The molecule has 0 spiro atoms. The average molecular weight is 248 g/mol. The fourth-order valence-electron chi connectivity index (χ4n) is 1.53. The molecule has 1 aromatic rings. The zero-order valence-electron chi connectivity index (χ0n) is 9.22. The number of hydrogen-bond acceptors (Lipinski definition) is 3. The first kappa shape index (κ1) is 13.3. The summed E-state index contributed by atoms with van der Waals surface area (Å²) in [6.45, 7) is 1.35. The van der Waals surface area contributed by atoms with Crippen molar-refractivity contribution in [2.45, 2.75) is 19.8 Å². The summed E-state index contributed by atoms with van der Waals surface area (Å²) in [5.74, 6) is -7.25. The van der Waals surface area contributed by atoms with Crippen molar-refractivity contribution in [3.63, 3.8) is 0 Å². The molecule has 0 saturated carbocycles. The van der Waals surface area contributed by atoms with Crippen LogP contribution < -0.4 is 0 Å². The fraction of sp³-hybridized carbons (Fsp3) is 0.364. The minimum atomic E-state index is -1.56. The molecule has 0 aromatic heterocycles. The average Bonchev–Trinajstić information content (AvgIpc) is 2.25. The molecule has 0 atom stereocenters. The zero-order valence-corrected chi connectivity index (χ0v) is 9.22. The molecule has 0 heterocycles. The first-order valence-electron chi connectivity index (χ1n) is 4.84. The van der Waals surface area contributed by atoms with E-state index in [-0.39, 0.29) is 0 Å². The van der Waals surface area contributed by atoms with Crippen LogP contribution in [0.1, 0.15) is 35.7 Å². The van der Waals surface area contributed by atoms with Gasteiger partial charge in [0.15, 0.2) is 18.2 Å². The third-order valence-electron chi connectivity index (χ3n) is 2.34. The van der Waals surface area contributed by atoms with Gasteiger partial charge < -0.3 is 10.2 Å². The number of phenols is 2. The summed E-state index contributed by atoms with van der Waals surface area (Å²) in [6.07, 6.45) is 0. The van der Waals surface area contributed by atoms with E-state index in [2.05, 4.69) is 0 Å². The fourth-order valence-corrected chi connectivity index (χ4v) is 1.53. The number of alkyl halides is 1. The lowest BCUT2D eigenvalue weighted by atomic mass is 9.96. The molecule has 1 aromatic carbocycles. The molecule has 0 aliphatic carbocycles. The molecule has 17 heavy (non-hydrogen) atoms. The highest BCUT2D eigenvalue weighted by molar-refractivity contribution is 6.00. The van der Waals surface area contributed by atoms with E-state index in [9.17, 15) is 28.2 Å². The van der Waals surface area contributed by atoms with Gasteiger partial charge in [-0.3, -0.25) is 4.79 Å². The van der Waals surface area contributed by atoms with Crippen LogP contribution in [0.4, 0.5) is 13.2 Å². The number of aromatic hydroxyl groups is 2. The normalized spacial score (nSPS) is 10.9. The van der Waals surface area contributed by atoms with E-state index < -0.39 is 52.6 Å². The van der Waals surface area contributed by atoms with Crippen molar-refractivity contribution < 1.29 is 28.2 Å². The lowest BCUT2D eigenvalue weighted by Crippen LogP contribution is -2.10. The monoisotopic (exact) mass is 248 g/mol. The van der Waals surface area contributed by atoms with Crippen LogP contribution in [0.5, 0.6) is 11.5 Å². The van der Waals surface area contributed by atoms with Crippen LogP contribution in [-0.4, -0.2) is 22.7 Å². The molecular weight excluding hydrogens is 237 g/mol. The number of halogens is 3. The molecule has 0 bridgehead atoms. The van der Waals surface area contributed by atoms with Gasteiger partial charge in [0.2, 0.25) is 11.6 Å². The number of rotatable bonds is 3. The van der Waals surface area contributed by atoms with Crippen LogP contribution in [0, 0.1) is 11.6 Å². The van der Waals surface area contributed by atoms with E-state index in [0.717, 1.165) is 0 Å². The molecule has 3 nitrogen and oxygen atoms in total. The Labute approximate surface area is 95.5 Å². The second-order valence-electron chi connectivity index (χ2n) is 3.83. The van der Waals surface area contributed by atoms with Gasteiger partial charge in [-0.05, 0) is 5.92 Å². The van der Waals surface area contributed by atoms with Crippen LogP contribution in [0.25, 0.3) is 0 Å². The van der Waals surface area contributed by atoms with Crippen LogP contribution in [0.3, 0.4) is 0 Å². The Hall–Kier alpha value is -1.72. The summed E-state index contributed by atoms with van der Waals surface area (Å²) in [5, 5.41) is 18.5. The summed E-state index contributed by atoms with van der Waals surface area (Å²) in [5.41, 5.74) is -1.52. The molecule has 0 aliphatic rings. The van der Waals surface area contributed by atoms with Crippen molar-refractivity contribution in [3.8, 4) is 11.5 Å². The lowest BCUT2D eigenvalue weighted by molar-refractivity contribution is 0.0950. The highest BCUT2D eigenvalue weighted by atomic mass is 19.1. The molecule has 2 N–H and O–H groups in total. The first-order valence-corrected chi connectivity index (χ1v) is 4.84. The number of carbonyl (C=O) groups excluding carboxylic acids is 1. The van der Waals surface area contributed by atoms with Gasteiger partial charge in [-0.2, -0.15) is 4.39 Å². The van der Waals surface area contributed by atoms with Crippen LogP contribution >= 0.6 is 0 Å². The highest BCUT2D eigenvalue weighted by Crippen LogP contribution is 2.39. The van der Waals surface area contributed by atoms with Crippen molar-refractivity contribution in [1.29, 1.82) is 0 Å². The summed E-state index contributed by atoms with van der Waals surface area (Å²) >= 11 is 0. The van der Waals surface area contributed by atoms with Gasteiger partial charge >= 0.3 is 0 Å². The molecule has 0 radical (unpaired) electrons. The van der Waals surface area contributed by atoms with Crippen molar-refractivity contribution in [2.24, 2.45) is 0 Å². The topological polar surface area (TPSA) is 57.5 Å². The summed E-state index contributed by atoms with van der Waals surface area (Å²) in [7, 11) is 0. The predicted molar refractivity (Wildman–Crippen MR) is 54.1 cm³/mol. The van der Waals surface area contributed by atoms with Gasteiger partial charge in [0.05, 0.1) is 0 Å². The second-order valence-corrected chi connectivity index (χ2v) is 3.83. The van der Waals surface area contributed by atoms with Crippen LogP contribution in [0.15, 0.2) is 0 Å². The van der Waals surface area contributed by atoms with Crippen molar-refractivity contribution in [3.05, 3.63) is 22.8 Å². The number of ketones is 1. The van der Waals surface area contributed by atoms with Crippen LogP contribution in [0.2, 0.25) is 0 Å². The Morgan fingerprint density at radius 1 is 1.18 bits per heavy atom. The van der Waals surface area contributed by atoms with Crippen molar-refractivity contribution >= 4 is 5.78 Å². The Bertz CT molecular complexity index is 470. The number of phenolic OH excluding ortho intramolecular Hbond substituents is 2. The molecule has 0 amide bonds. The molecule has 1 rings (SSSR count). The van der Waals surface area contributed by atoms with E-state index >= 15 is 0 Å². The Morgan fingerprint density at radius 3 is 2.12 bits per heavy atom. The summed E-state index contributed by atoms with van der Waals surface area (Å²) < 4.78 is 39.3. The maximum Gasteiger partial charge on any atom is 0.207 e. The molecular formula is C11H11F3O3. The highest BCUT2D eigenvalue weighted by Gasteiger charge is 2.29.